The number of carbonyl (C=O) groups is 2. The average molecular weight is 419 g/mol. The Labute approximate surface area is 178 Å². The minimum Gasteiger partial charge on any atom is -0.481 e. The summed E-state index contributed by atoms with van der Waals surface area (Å²) in [6.07, 6.45) is 4.57. The first-order valence-corrected chi connectivity index (χ1v) is 11.0. The lowest BCUT2D eigenvalue weighted by atomic mass is 9.82. The third-order valence-electron chi connectivity index (χ3n) is 6.14. The summed E-state index contributed by atoms with van der Waals surface area (Å²) in [5, 5.41) is 9.79. The number of piperidine rings is 1. The molecular formula is C23H34N2O5. The Kier molecular flexibility index (Phi) is 8.10. The predicted octanol–water partition coefficient (Wildman–Crippen LogP) is 2.21. The van der Waals surface area contributed by atoms with Crippen LogP contribution in [0.25, 0.3) is 0 Å². The molecule has 166 valence electrons. The van der Waals surface area contributed by atoms with E-state index in [1.165, 1.54) is 0 Å². The number of para-hydroxylation sites is 1. The topological polar surface area (TPSA) is 102 Å². The van der Waals surface area contributed by atoms with Gasteiger partial charge in [-0.3, -0.25) is 9.59 Å². The van der Waals surface area contributed by atoms with Gasteiger partial charge in [-0.25, -0.2) is 0 Å². The van der Waals surface area contributed by atoms with Gasteiger partial charge < -0.3 is 25.2 Å². The molecule has 1 aromatic carbocycles. The van der Waals surface area contributed by atoms with Gasteiger partial charge in [0.25, 0.3) is 5.91 Å². The van der Waals surface area contributed by atoms with Crippen molar-refractivity contribution in [3.05, 3.63) is 29.8 Å². The van der Waals surface area contributed by atoms with E-state index < -0.39 is 12.0 Å². The highest BCUT2D eigenvalue weighted by Gasteiger charge is 2.29. The lowest BCUT2D eigenvalue weighted by molar-refractivity contribution is -0.140. The van der Waals surface area contributed by atoms with Gasteiger partial charge in [-0.15, -0.1) is 0 Å². The number of rotatable bonds is 8. The van der Waals surface area contributed by atoms with Crippen molar-refractivity contribution >= 4 is 11.8 Å². The Bertz CT molecular complexity index is 717. The van der Waals surface area contributed by atoms with Crippen LogP contribution >= 0.6 is 0 Å². The maximum atomic E-state index is 13.0. The van der Waals surface area contributed by atoms with E-state index in [0.29, 0.717) is 25.6 Å². The fourth-order valence-corrected chi connectivity index (χ4v) is 4.54. The molecule has 2 unspecified atom stereocenters. The van der Waals surface area contributed by atoms with Crippen LogP contribution in [0.2, 0.25) is 0 Å². The molecule has 0 radical (unpaired) electrons. The summed E-state index contributed by atoms with van der Waals surface area (Å²) < 4.78 is 11.5. The summed E-state index contributed by atoms with van der Waals surface area (Å²) in [6, 6.07) is 7.93. The second-order valence-electron chi connectivity index (χ2n) is 8.58. The number of aliphatic hydroxyl groups excluding tert-OH is 1. The Balaban J connectivity index is 1.57. The average Bonchev–Trinajstić information content (AvgIpc) is 2.74. The maximum Gasteiger partial charge on any atom is 0.263 e. The first-order chi connectivity index (χ1) is 14.4. The van der Waals surface area contributed by atoms with Gasteiger partial charge in [-0.05, 0) is 68.9 Å². The number of aliphatic hydroxyl groups is 1. The van der Waals surface area contributed by atoms with E-state index in [4.69, 9.17) is 15.2 Å². The van der Waals surface area contributed by atoms with E-state index in [1.54, 1.807) is 6.92 Å². The molecule has 1 saturated carbocycles. The third-order valence-corrected chi connectivity index (χ3v) is 6.14. The first-order valence-electron chi connectivity index (χ1n) is 11.0. The van der Waals surface area contributed by atoms with E-state index in [2.05, 4.69) is 6.07 Å². The van der Waals surface area contributed by atoms with Crippen LogP contribution < -0.4 is 10.5 Å². The number of hydrogen-bond donors (Lipinski definition) is 2. The van der Waals surface area contributed by atoms with Crippen LogP contribution in [0, 0.1) is 5.92 Å². The minimum absolute atomic E-state index is 0.0246. The number of amides is 2. The molecule has 2 fully saturated rings. The molecule has 7 nitrogen and oxygen atoms in total. The molecular weight excluding hydrogens is 384 g/mol. The summed E-state index contributed by atoms with van der Waals surface area (Å²) in [7, 11) is 0. The zero-order valence-electron chi connectivity index (χ0n) is 17.8. The van der Waals surface area contributed by atoms with E-state index in [-0.39, 0.29) is 24.5 Å². The molecule has 7 heteroatoms. The van der Waals surface area contributed by atoms with Gasteiger partial charge in [0, 0.05) is 13.1 Å². The van der Waals surface area contributed by atoms with Crippen LogP contribution in [0.3, 0.4) is 0 Å². The standard InChI is InChI=1S/C23H34N2O5/c1-16(23(28)25-12-4-5-17(13-25)14-29-15-22(24)27)30-21-7-3-2-6-20(21)18-8-10-19(26)11-9-18/h2-3,6-7,16-19,26H,4-5,8-15H2,1H3,(H2,24,27). The molecule has 2 atom stereocenters. The Hall–Kier alpha value is -2.12. The largest absolute Gasteiger partial charge is 0.481 e. The van der Waals surface area contributed by atoms with Crippen LogP contribution in [-0.2, 0) is 14.3 Å². The maximum absolute atomic E-state index is 13.0. The van der Waals surface area contributed by atoms with E-state index in [1.807, 2.05) is 23.1 Å². The second-order valence-corrected chi connectivity index (χ2v) is 8.58. The molecule has 30 heavy (non-hydrogen) atoms. The second kappa shape index (κ2) is 10.8. The number of likely N-dealkylation sites (tertiary alicyclic amines) is 1. The van der Waals surface area contributed by atoms with Crippen LogP contribution in [0.5, 0.6) is 5.75 Å². The lowest BCUT2D eigenvalue weighted by Gasteiger charge is -2.34. The molecule has 2 amide bonds. The number of benzene rings is 1. The van der Waals surface area contributed by atoms with Crippen molar-refractivity contribution in [2.75, 3.05) is 26.3 Å². The Morgan fingerprint density at radius 3 is 2.67 bits per heavy atom. The van der Waals surface area contributed by atoms with Gasteiger partial charge in [-0.1, -0.05) is 18.2 Å². The summed E-state index contributed by atoms with van der Waals surface area (Å²) in [4.78, 5) is 25.7. The highest BCUT2D eigenvalue weighted by molar-refractivity contribution is 5.81. The van der Waals surface area contributed by atoms with Crippen molar-refractivity contribution in [1.29, 1.82) is 0 Å². The molecule has 1 heterocycles. The molecule has 3 N–H and O–H groups in total. The van der Waals surface area contributed by atoms with Crippen molar-refractivity contribution in [3.63, 3.8) is 0 Å². The first kappa shape index (κ1) is 22.6. The van der Waals surface area contributed by atoms with Crippen molar-refractivity contribution in [3.8, 4) is 5.75 Å². The molecule has 1 aromatic rings. The van der Waals surface area contributed by atoms with Gasteiger partial charge in [0.2, 0.25) is 5.91 Å². The van der Waals surface area contributed by atoms with Crippen LogP contribution in [0.4, 0.5) is 0 Å². The quantitative estimate of drug-likeness (QED) is 0.674. The van der Waals surface area contributed by atoms with Gasteiger partial charge in [-0.2, -0.15) is 0 Å². The monoisotopic (exact) mass is 418 g/mol. The summed E-state index contributed by atoms with van der Waals surface area (Å²) in [5.41, 5.74) is 6.24. The van der Waals surface area contributed by atoms with Gasteiger partial charge in [0.05, 0.1) is 12.7 Å². The number of hydrogen-bond acceptors (Lipinski definition) is 5. The molecule has 3 rings (SSSR count). The van der Waals surface area contributed by atoms with E-state index in [9.17, 15) is 14.7 Å². The van der Waals surface area contributed by atoms with E-state index in [0.717, 1.165) is 49.8 Å². The third kappa shape index (κ3) is 6.19. The number of nitrogens with two attached hydrogens (primary N) is 1. The number of ether oxygens (including phenoxy) is 2. The molecule has 1 aliphatic carbocycles. The fourth-order valence-electron chi connectivity index (χ4n) is 4.54. The minimum atomic E-state index is -0.578. The van der Waals surface area contributed by atoms with Crippen molar-refractivity contribution in [2.24, 2.45) is 11.7 Å². The summed E-state index contributed by atoms with van der Waals surface area (Å²) in [6.45, 7) is 3.46. The summed E-state index contributed by atoms with van der Waals surface area (Å²) >= 11 is 0. The molecule has 0 aromatic heterocycles. The highest BCUT2D eigenvalue weighted by atomic mass is 16.5. The predicted molar refractivity (Wildman–Crippen MR) is 113 cm³/mol. The van der Waals surface area contributed by atoms with E-state index >= 15 is 0 Å². The number of carbonyl (C=O) groups excluding carboxylic acids is 2. The highest BCUT2D eigenvalue weighted by Crippen LogP contribution is 2.37. The summed E-state index contributed by atoms with van der Waals surface area (Å²) in [5.74, 6) is 0.817. The molecule has 1 aliphatic heterocycles. The van der Waals surface area contributed by atoms with Crippen molar-refractivity contribution in [2.45, 2.75) is 63.6 Å². The smallest absolute Gasteiger partial charge is 0.263 e. The Morgan fingerprint density at radius 1 is 1.20 bits per heavy atom. The van der Waals surface area contributed by atoms with Gasteiger partial charge in [0.15, 0.2) is 6.10 Å². The molecule has 0 bridgehead atoms. The van der Waals surface area contributed by atoms with Crippen LogP contribution in [0.15, 0.2) is 24.3 Å². The molecule has 0 spiro atoms. The van der Waals surface area contributed by atoms with Crippen LogP contribution in [-0.4, -0.2) is 60.3 Å². The fraction of sp³-hybridized carbons (Fsp3) is 0.652. The van der Waals surface area contributed by atoms with Gasteiger partial charge >= 0.3 is 0 Å². The molecule has 2 aliphatic rings. The van der Waals surface area contributed by atoms with Gasteiger partial charge in [0.1, 0.15) is 12.4 Å². The van der Waals surface area contributed by atoms with Crippen LogP contribution in [0.1, 0.15) is 56.9 Å². The Morgan fingerprint density at radius 2 is 1.93 bits per heavy atom. The SMILES string of the molecule is CC(Oc1ccccc1C1CCC(O)CC1)C(=O)N1CCCC(COCC(N)=O)C1. The zero-order valence-corrected chi connectivity index (χ0v) is 17.8. The van der Waals surface area contributed by atoms with Crippen molar-refractivity contribution < 1.29 is 24.2 Å². The zero-order chi connectivity index (χ0) is 21.5. The number of primary amides is 1. The molecule has 1 saturated heterocycles. The lowest BCUT2D eigenvalue weighted by Crippen LogP contribution is -2.46. The van der Waals surface area contributed by atoms with Crippen molar-refractivity contribution in [1.82, 2.24) is 4.90 Å². The number of nitrogens with zero attached hydrogens (tertiary/aromatic N) is 1. The normalized spacial score (nSPS) is 25.5.